The van der Waals surface area contributed by atoms with Gasteiger partial charge in [0.25, 0.3) is 0 Å². The van der Waals surface area contributed by atoms with Crippen LogP contribution in [0.4, 0.5) is 34.1 Å². The van der Waals surface area contributed by atoms with Gasteiger partial charge in [0.15, 0.2) is 0 Å². The molecule has 2 aromatic heterocycles. The molecule has 0 N–H and O–H groups in total. The van der Waals surface area contributed by atoms with Gasteiger partial charge in [0.1, 0.15) is 0 Å². The van der Waals surface area contributed by atoms with Crippen molar-refractivity contribution in [3.63, 3.8) is 0 Å². The van der Waals surface area contributed by atoms with Gasteiger partial charge in [0, 0.05) is 66.8 Å². The number of anilines is 6. The maximum Gasteiger partial charge on any atom is 0.0998 e. The quantitative estimate of drug-likeness (QED) is 0.137. The van der Waals surface area contributed by atoms with Crippen LogP contribution in [0, 0.1) is 22.7 Å². The average Bonchev–Trinajstić information content (AvgIpc) is 4.01. The molecule has 74 heavy (non-hydrogen) atoms. The Labute approximate surface area is 428 Å². The van der Waals surface area contributed by atoms with Gasteiger partial charge < -0.3 is 18.9 Å². The zero-order chi connectivity index (χ0) is 49.5. The van der Waals surface area contributed by atoms with Crippen molar-refractivity contribution in [1.29, 1.82) is 10.5 Å². The number of para-hydroxylation sites is 6. The molecule has 0 unspecified atom stereocenters. The fraction of sp³-hybridized carbons (Fsp3) is 0. The number of aromatic nitrogens is 2. The molecule has 0 bridgehead atoms. The molecule has 6 heteroatoms. The molecule has 0 saturated carbocycles. The zero-order valence-corrected chi connectivity index (χ0v) is 40.1. The smallest absolute Gasteiger partial charge is 0.0998 e. The molecule has 13 aromatic rings. The van der Waals surface area contributed by atoms with E-state index in [0.717, 1.165) is 100 Å². The van der Waals surface area contributed by atoms with E-state index in [-0.39, 0.29) is 0 Å². The third-order valence-corrected chi connectivity index (χ3v) is 14.2. The minimum absolute atomic E-state index is 0.496. The first kappa shape index (κ1) is 43.6. The Hall–Kier alpha value is -10.4. The van der Waals surface area contributed by atoms with Crippen LogP contribution < -0.4 is 9.80 Å². The Morgan fingerprint density at radius 1 is 0.297 bits per heavy atom. The van der Waals surface area contributed by atoms with Crippen LogP contribution in [0.5, 0.6) is 0 Å². The largest absolute Gasteiger partial charge is 0.310 e. The first-order valence-corrected chi connectivity index (χ1v) is 24.7. The first-order valence-electron chi connectivity index (χ1n) is 24.7. The molecule has 0 amide bonds. The molecule has 13 rings (SSSR count). The van der Waals surface area contributed by atoms with Crippen molar-refractivity contribution in [2.24, 2.45) is 0 Å². The van der Waals surface area contributed by atoms with E-state index in [4.69, 9.17) is 0 Å². The highest BCUT2D eigenvalue weighted by Crippen LogP contribution is 2.46. The van der Waals surface area contributed by atoms with Crippen molar-refractivity contribution in [2.75, 3.05) is 9.80 Å². The fourth-order valence-electron chi connectivity index (χ4n) is 10.9. The summed E-state index contributed by atoms with van der Waals surface area (Å²) in [5, 5.41) is 26.0. The standard InChI is InChI=1S/C68H44N6/c69-45-49-44-60(48-37-41-56(42-38-48)74-62-30-16-14-28-58(62)68-64(32-18-34-66(68)74)72(53-23-9-3-10-24-53)54-25-11-4-12-26-54)50(46-70)43-59(49)47-35-39-55(40-36-47)73-61-29-15-13-27-57(61)67-63(31-17-33-65(67)73)71(51-19-5-1-6-20-51)52-21-7-2-8-22-52/h1-44H. The van der Waals surface area contributed by atoms with Crippen molar-refractivity contribution in [1.82, 2.24) is 9.13 Å². The van der Waals surface area contributed by atoms with E-state index in [0.29, 0.717) is 22.3 Å². The van der Waals surface area contributed by atoms with Crippen molar-refractivity contribution < 1.29 is 0 Å². The van der Waals surface area contributed by atoms with Crippen molar-refractivity contribution in [2.45, 2.75) is 0 Å². The van der Waals surface area contributed by atoms with Gasteiger partial charge in [-0.3, -0.25) is 0 Å². The highest BCUT2D eigenvalue weighted by Gasteiger charge is 2.23. The molecular formula is C68H44N6. The lowest BCUT2D eigenvalue weighted by molar-refractivity contribution is 1.18. The van der Waals surface area contributed by atoms with Gasteiger partial charge >= 0.3 is 0 Å². The second-order valence-corrected chi connectivity index (χ2v) is 18.3. The number of nitrogens with zero attached hydrogens (tertiary/aromatic N) is 6. The molecule has 346 valence electrons. The molecule has 0 radical (unpaired) electrons. The minimum atomic E-state index is 0.496. The Bertz CT molecular complexity index is 3940. The van der Waals surface area contributed by atoms with Crippen molar-refractivity contribution >= 4 is 77.7 Å². The normalized spacial score (nSPS) is 11.2. The van der Waals surface area contributed by atoms with Crippen LogP contribution in [0.25, 0.3) is 77.2 Å². The third kappa shape index (κ3) is 7.34. The van der Waals surface area contributed by atoms with Crippen LogP contribution in [-0.2, 0) is 0 Å². The molecule has 0 aliphatic heterocycles. The second kappa shape index (κ2) is 18.4. The van der Waals surface area contributed by atoms with Crippen LogP contribution in [-0.4, -0.2) is 9.13 Å². The molecule has 0 atom stereocenters. The summed E-state index contributed by atoms with van der Waals surface area (Å²) >= 11 is 0. The van der Waals surface area contributed by atoms with Crippen LogP contribution >= 0.6 is 0 Å². The lowest BCUT2D eigenvalue weighted by atomic mass is 9.91. The highest BCUT2D eigenvalue weighted by molar-refractivity contribution is 6.18. The number of hydrogen-bond acceptors (Lipinski definition) is 4. The first-order chi connectivity index (χ1) is 36.7. The summed E-state index contributed by atoms with van der Waals surface area (Å²) in [4.78, 5) is 4.65. The van der Waals surface area contributed by atoms with Gasteiger partial charge in [0.05, 0.1) is 56.7 Å². The van der Waals surface area contributed by atoms with Gasteiger partial charge in [-0.05, 0) is 132 Å². The predicted molar refractivity (Wildman–Crippen MR) is 305 cm³/mol. The molecule has 11 aromatic carbocycles. The Balaban J connectivity index is 0.865. The average molecular weight is 945 g/mol. The third-order valence-electron chi connectivity index (χ3n) is 14.2. The lowest BCUT2D eigenvalue weighted by Gasteiger charge is -2.26. The number of fused-ring (bicyclic) bond motifs is 6. The molecule has 2 heterocycles. The lowest BCUT2D eigenvalue weighted by Crippen LogP contribution is -2.10. The van der Waals surface area contributed by atoms with E-state index in [1.807, 2.05) is 36.4 Å². The van der Waals surface area contributed by atoms with E-state index in [1.165, 1.54) is 0 Å². The zero-order valence-electron chi connectivity index (χ0n) is 40.1. The number of benzene rings is 11. The van der Waals surface area contributed by atoms with Gasteiger partial charge in [-0.15, -0.1) is 0 Å². The number of hydrogen-bond donors (Lipinski definition) is 0. The molecule has 0 fully saturated rings. The van der Waals surface area contributed by atoms with Crippen LogP contribution in [0.2, 0.25) is 0 Å². The second-order valence-electron chi connectivity index (χ2n) is 18.3. The Morgan fingerprint density at radius 3 is 0.946 bits per heavy atom. The van der Waals surface area contributed by atoms with E-state index >= 15 is 0 Å². The predicted octanol–water partition coefficient (Wildman–Crippen LogP) is 17.9. The van der Waals surface area contributed by atoms with Gasteiger partial charge in [-0.2, -0.15) is 10.5 Å². The monoisotopic (exact) mass is 944 g/mol. The minimum Gasteiger partial charge on any atom is -0.310 e. The van der Waals surface area contributed by atoms with E-state index in [1.54, 1.807) is 0 Å². The van der Waals surface area contributed by atoms with Crippen LogP contribution in [0.15, 0.2) is 267 Å². The summed E-state index contributed by atoms with van der Waals surface area (Å²) in [7, 11) is 0. The van der Waals surface area contributed by atoms with Gasteiger partial charge in [-0.1, -0.05) is 146 Å². The highest BCUT2D eigenvalue weighted by atomic mass is 15.2. The van der Waals surface area contributed by atoms with Gasteiger partial charge in [-0.25, -0.2) is 0 Å². The Morgan fingerprint density at radius 2 is 0.608 bits per heavy atom. The Kier molecular flexibility index (Phi) is 10.8. The summed E-state index contributed by atoms with van der Waals surface area (Å²) in [5.74, 6) is 0. The molecule has 0 aliphatic carbocycles. The molecule has 0 aliphatic rings. The van der Waals surface area contributed by atoms with Crippen LogP contribution in [0.3, 0.4) is 0 Å². The summed E-state index contributed by atoms with van der Waals surface area (Å²) in [6.07, 6.45) is 0. The van der Waals surface area contributed by atoms with Crippen molar-refractivity contribution in [3.8, 4) is 45.8 Å². The summed E-state index contributed by atoms with van der Waals surface area (Å²) in [5.41, 5.74) is 16.9. The van der Waals surface area contributed by atoms with Gasteiger partial charge in [0.2, 0.25) is 0 Å². The summed E-state index contributed by atoms with van der Waals surface area (Å²) < 4.78 is 4.63. The topological polar surface area (TPSA) is 63.9 Å². The van der Waals surface area contributed by atoms with E-state index in [2.05, 4.69) is 262 Å². The fourth-order valence-corrected chi connectivity index (χ4v) is 10.9. The maximum absolute atomic E-state index is 10.7. The van der Waals surface area contributed by atoms with Crippen molar-refractivity contribution in [3.05, 3.63) is 278 Å². The number of rotatable bonds is 10. The SMILES string of the molecule is N#Cc1cc(-c2ccc(-n3c4ccccc4c4c(N(c5ccccc5)c5ccccc5)cccc43)cc2)c(C#N)cc1-c1ccc(-n2c3ccccc3c3c(N(c4ccccc4)c4ccccc4)cccc32)cc1. The molecule has 0 spiro atoms. The maximum atomic E-state index is 10.7. The number of nitriles is 2. The van der Waals surface area contributed by atoms with E-state index in [9.17, 15) is 10.5 Å². The molecule has 6 nitrogen and oxygen atoms in total. The van der Waals surface area contributed by atoms with Crippen LogP contribution in [0.1, 0.15) is 11.1 Å². The molecule has 0 saturated heterocycles. The van der Waals surface area contributed by atoms with E-state index < -0.39 is 0 Å². The summed E-state index contributed by atoms with van der Waals surface area (Å²) in [6.45, 7) is 0. The summed E-state index contributed by atoms with van der Waals surface area (Å²) in [6, 6.07) is 97.5. The molecular weight excluding hydrogens is 901 g/mol.